The molecule has 1 atom stereocenters. The average molecular weight is 277 g/mol. The van der Waals surface area contributed by atoms with E-state index in [-0.39, 0.29) is 5.25 Å². The van der Waals surface area contributed by atoms with E-state index in [1.165, 1.54) is 6.42 Å². The van der Waals surface area contributed by atoms with Gasteiger partial charge in [0.2, 0.25) is 5.91 Å². The van der Waals surface area contributed by atoms with E-state index in [4.69, 9.17) is 11.6 Å². The van der Waals surface area contributed by atoms with Crippen molar-refractivity contribution in [2.45, 2.75) is 24.5 Å². The molecule has 0 radical (unpaired) electrons. The summed E-state index contributed by atoms with van der Waals surface area (Å²) < 4.78 is 0. The number of hydrogen-bond acceptors (Lipinski definition) is 3. The van der Waals surface area contributed by atoms with Crippen molar-refractivity contribution in [2.24, 2.45) is 0 Å². The molecule has 5 heteroatoms. The molecule has 2 saturated heterocycles. The third kappa shape index (κ3) is 3.76. The van der Waals surface area contributed by atoms with Gasteiger partial charge in [-0.05, 0) is 31.6 Å². The predicted octanol–water partition coefficient (Wildman–Crippen LogP) is 1.66. The third-order valence-corrected chi connectivity index (χ3v) is 5.04. The lowest BCUT2D eigenvalue weighted by molar-refractivity contribution is -0.130. The summed E-state index contributed by atoms with van der Waals surface area (Å²) in [5, 5.41) is 0.245. The predicted molar refractivity (Wildman–Crippen MR) is 73.8 cm³/mol. The molecule has 0 aromatic heterocycles. The van der Waals surface area contributed by atoms with Gasteiger partial charge in [-0.15, -0.1) is 23.4 Å². The number of alkyl halides is 1. The van der Waals surface area contributed by atoms with Gasteiger partial charge in [-0.2, -0.15) is 0 Å². The van der Waals surface area contributed by atoms with Crippen molar-refractivity contribution in [3.63, 3.8) is 0 Å². The molecule has 0 saturated carbocycles. The summed E-state index contributed by atoms with van der Waals surface area (Å²) in [4.78, 5) is 16.7. The fraction of sp³-hybridized carbons (Fsp3) is 0.917. The van der Waals surface area contributed by atoms with Crippen molar-refractivity contribution in [1.82, 2.24) is 9.80 Å². The molecule has 0 N–H and O–H groups in total. The Morgan fingerprint density at radius 3 is 2.82 bits per heavy atom. The van der Waals surface area contributed by atoms with E-state index in [1.807, 2.05) is 11.8 Å². The molecule has 0 aliphatic carbocycles. The number of rotatable bonds is 3. The van der Waals surface area contributed by atoms with Crippen LogP contribution >= 0.6 is 23.4 Å². The smallest absolute Gasteiger partial charge is 0.235 e. The molecule has 2 aliphatic heterocycles. The first-order valence-electron chi connectivity index (χ1n) is 6.50. The van der Waals surface area contributed by atoms with Gasteiger partial charge in [-0.1, -0.05) is 0 Å². The first kappa shape index (κ1) is 13.5. The van der Waals surface area contributed by atoms with Crippen LogP contribution in [0.5, 0.6) is 0 Å². The summed E-state index contributed by atoms with van der Waals surface area (Å²) in [6.07, 6.45) is 3.36. The van der Waals surface area contributed by atoms with Gasteiger partial charge in [-0.3, -0.25) is 4.79 Å². The maximum Gasteiger partial charge on any atom is 0.235 e. The summed E-state index contributed by atoms with van der Waals surface area (Å²) >= 11 is 7.60. The highest BCUT2D eigenvalue weighted by molar-refractivity contribution is 8.00. The van der Waals surface area contributed by atoms with Crippen LogP contribution in [0, 0.1) is 0 Å². The first-order valence-corrected chi connectivity index (χ1v) is 8.08. The molecule has 3 nitrogen and oxygen atoms in total. The van der Waals surface area contributed by atoms with Crippen LogP contribution in [0.2, 0.25) is 0 Å². The summed E-state index contributed by atoms with van der Waals surface area (Å²) in [7, 11) is 0. The molecule has 0 bridgehead atoms. The molecule has 0 aromatic carbocycles. The molecule has 1 unspecified atom stereocenters. The highest BCUT2D eigenvalue weighted by atomic mass is 35.5. The van der Waals surface area contributed by atoms with Gasteiger partial charge >= 0.3 is 0 Å². The van der Waals surface area contributed by atoms with Gasteiger partial charge < -0.3 is 9.80 Å². The van der Waals surface area contributed by atoms with Gasteiger partial charge in [0.25, 0.3) is 0 Å². The Hall–Kier alpha value is 0.0700. The van der Waals surface area contributed by atoms with Crippen molar-refractivity contribution in [3.8, 4) is 0 Å². The minimum atomic E-state index is 0.245. The van der Waals surface area contributed by atoms with E-state index in [0.717, 1.165) is 51.3 Å². The van der Waals surface area contributed by atoms with Crippen molar-refractivity contribution in [3.05, 3.63) is 0 Å². The SMILES string of the molecule is O=C(C1CCCS1)N1CCCN(CCCl)CC1. The van der Waals surface area contributed by atoms with Crippen LogP contribution in [0.1, 0.15) is 19.3 Å². The lowest BCUT2D eigenvalue weighted by Crippen LogP contribution is -2.39. The zero-order valence-electron chi connectivity index (χ0n) is 10.2. The average Bonchev–Trinajstić information content (AvgIpc) is 2.76. The number of carbonyl (C=O) groups is 1. The molecule has 2 fully saturated rings. The zero-order chi connectivity index (χ0) is 12.1. The van der Waals surface area contributed by atoms with Crippen LogP contribution in [-0.2, 0) is 4.79 Å². The lowest BCUT2D eigenvalue weighted by Gasteiger charge is -2.24. The number of nitrogens with zero attached hydrogens (tertiary/aromatic N) is 2. The second kappa shape index (κ2) is 6.86. The summed E-state index contributed by atoms with van der Waals surface area (Å²) in [5.41, 5.74) is 0. The standard InChI is InChI=1S/C12H21ClN2OS/c13-4-7-14-5-2-6-15(9-8-14)12(16)11-3-1-10-17-11/h11H,1-10H2. The van der Waals surface area contributed by atoms with Gasteiger partial charge in [0.05, 0.1) is 5.25 Å². The Morgan fingerprint density at radius 2 is 2.12 bits per heavy atom. The quantitative estimate of drug-likeness (QED) is 0.733. The van der Waals surface area contributed by atoms with Crippen molar-refractivity contribution in [1.29, 1.82) is 0 Å². The minimum Gasteiger partial charge on any atom is -0.340 e. The summed E-state index contributed by atoms with van der Waals surface area (Å²) in [6, 6.07) is 0. The number of thioether (sulfide) groups is 1. The number of halogens is 1. The van der Waals surface area contributed by atoms with Gasteiger partial charge in [0, 0.05) is 32.1 Å². The monoisotopic (exact) mass is 276 g/mol. The molecule has 1 amide bonds. The maximum absolute atomic E-state index is 12.3. The molecule has 2 rings (SSSR count). The van der Waals surface area contributed by atoms with E-state index in [0.29, 0.717) is 11.8 Å². The second-order valence-corrected chi connectivity index (χ2v) is 6.40. The van der Waals surface area contributed by atoms with Gasteiger partial charge in [0.1, 0.15) is 0 Å². The fourth-order valence-electron chi connectivity index (χ4n) is 2.51. The van der Waals surface area contributed by atoms with E-state index < -0.39 is 0 Å². The van der Waals surface area contributed by atoms with Gasteiger partial charge in [0.15, 0.2) is 0 Å². The number of amides is 1. The Morgan fingerprint density at radius 1 is 1.24 bits per heavy atom. The van der Waals surface area contributed by atoms with E-state index in [9.17, 15) is 4.79 Å². The highest BCUT2D eigenvalue weighted by Gasteiger charge is 2.28. The van der Waals surface area contributed by atoms with Crippen LogP contribution < -0.4 is 0 Å². The van der Waals surface area contributed by atoms with Crippen LogP contribution in [0.3, 0.4) is 0 Å². The highest BCUT2D eigenvalue weighted by Crippen LogP contribution is 2.28. The lowest BCUT2D eigenvalue weighted by atomic mass is 10.2. The largest absolute Gasteiger partial charge is 0.340 e. The van der Waals surface area contributed by atoms with Crippen molar-refractivity contribution >= 4 is 29.3 Å². The van der Waals surface area contributed by atoms with Crippen molar-refractivity contribution in [2.75, 3.05) is 44.4 Å². The summed E-state index contributed by atoms with van der Waals surface area (Å²) in [6.45, 7) is 4.81. The zero-order valence-corrected chi connectivity index (χ0v) is 11.8. The third-order valence-electron chi connectivity index (χ3n) is 3.51. The minimum absolute atomic E-state index is 0.245. The van der Waals surface area contributed by atoms with Gasteiger partial charge in [-0.25, -0.2) is 0 Å². The van der Waals surface area contributed by atoms with Crippen LogP contribution in [0.25, 0.3) is 0 Å². The van der Waals surface area contributed by atoms with Crippen molar-refractivity contribution < 1.29 is 4.79 Å². The van der Waals surface area contributed by atoms with Crippen LogP contribution in [-0.4, -0.2) is 65.3 Å². The molecule has 17 heavy (non-hydrogen) atoms. The van der Waals surface area contributed by atoms with Crippen LogP contribution in [0.4, 0.5) is 0 Å². The van der Waals surface area contributed by atoms with E-state index >= 15 is 0 Å². The molecule has 2 heterocycles. The molecule has 98 valence electrons. The first-order chi connectivity index (χ1) is 8.31. The van der Waals surface area contributed by atoms with E-state index in [1.54, 1.807) is 0 Å². The topological polar surface area (TPSA) is 23.6 Å². The number of hydrogen-bond donors (Lipinski definition) is 0. The normalized spacial score (nSPS) is 27.1. The number of carbonyl (C=O) groups excluding carboxylic acids is 1. The fourth-order valence-corrected chi connectivity index (χ4v) is 3.99. The Kier molecular flexibility index (Phi) is 5.45. The Bertz CT molecular complexity index is 259. The molecule has 0 aromatic rings. The maximum atomic E-state index is 12.3. The summed E-state index contributed by atoms with van der Waals surface area (Å²) in [5.74, 6) is 2.22. The molecular weight excluding hydrogens is 256 g/mol. The molecule has 2 aliphatic rings. The second-order valence-electron chi connectivity index (χ2n) is 4.71. The molecular formula is C12H21ClN2OS. The Labute approximate surface area is 113 Å². The van der Waals surface area contributed by atoms with E-state index in [2.05, 4.69) is 9.80 Å². The van der Waals surface area contributed by atoms with Crippen LogP contribution in [0.15, 0.2) is 0 Å². The molecule has 0 spiro atoms. The Balaban J connectivity index is 1.83.